The molecule has 0 aliphatic heterocycles. The summed E-state index contributed by atoms with van der Waals surface area (Å²) in [6.07, 6.45) is 1.54. The van der Waals surface area contributed by atoms with Gasteiger partial charge < -0.3 is 9.84 Å². The van der Waals surface area contributed by atoms with Crippen LogP contribution in [-0.2, 0) is 17.8 Å². The van der Waals surface area contributed by atoms with Gasteiger partial charge in [0.2, 0.25) is 0 Å². The van der Waals surface area contributed by atoms with E-state index < -0.39 is 0 Å². The van der Waals surface area contributed by atoms with Crippen LogP contribution < -0.4 is 0 Å². The van der Waals surface area contributed by atoms with E-state index in [9.17, 15) is 0 Å². The van der Waals surface area contributed by atoms with Gasteiger partial charge in [-0.2, -0.15) is 0 Å². The monoisotopic (exact) mass is 214 g/mol. The third kappa shape index (κ3) is 2.98. The molecule has 0 spiro atoms. The zero-order valence-electron chi connectivity index (χ0n) is 8.29. The predicted molar refractivity (Wildman–Crippen MR) is 57.6 cm³/mol. The van der Waals surface area contributed by atoms with Crippen LogP contribution in [0.1, 0.15) is 17.5 Å². The number of rotatable bonds is 5. The van der Waals surface area contributed by atoms with Crippen molar-refractivity contribution < 1.29 is 9.84 Å². The molecule has 0 amide bonds. The minimum Gasteiger partial charge on any atom is -0.396 e. The summed E-state index contributed by atoms with van der Waals surface area (Å²) in [5.41, 5.74) is 2.19. The number of methoxy groups -OCH3 is 1. The van der Waals surface area contributed by atoms with Crippen molar-refractivity contribution in [3.63, 3.8) is 0 Å². The van der Waals surface area contributed by atoms with Crippen LogP contribution in [0.25, 0.3) is 0 Å². The van der Waals surface area contributed by atoms with Gasteiger partial charge in [0.25, 0.3) is 0 Å². The molecule has 0 radical (unpaired) electrons. The highest BCUT2D eigenvalue weighted by molar-refractivity contribution is 6.31. The summed E-state index contributed by atoms with van der Waals surface area (Å²) < 4.78 is 5.08. The Kier molecular flexibility index (Phi) is 4.94. The van der Waals surface area contributed by atoms with Crippen molar-refractivity contribution in [1.82, 2.24) is 0 Å². The van der Waals surface area contributed by atoms with Crippen LogP contribution in [-0.4, -0.2) is 18.8 Å². The summed E-state index contributed by atoms with van der Waals surface area (Å²) in [4.78, 5) is 0. The molecule has 0 fully saturated rings. The molecule has 2 nitrogen and oxygen atoms in total. The first-order valence-corrected chi connectivity index (χ1v) is 5.03. The second-order valence-corrected chi connectivity index (χ2v) is 3.54. The Balaban J connectivity index is 2.84. The maximum Gasteiger partial charge on any atom is 0.0716 e. The zero-order valence-corrected chi connectivity index (χ0v) is 9.05. The summed E-state index contributed by atoms with van der Waals surface area (Å²) in [5, 5.41) is 9.52. The van der Waals surface area contributed by atoms with E-state index in [-0.39, 0.29) is 6.61 Å². The van der Waals surface area contributed by atoms with E-state index in [1.54, 1.807) is 7.11 Å². The van der Waals surface area contributed by atoms with Crippen LogP contribution >= 0.6 is 11.6 Å². The summed E-state index contributed by atoms with van der Waals surface area (Å²) in [6, 6.07) is 5.79. The van der Waals surface area contributed by atoms with E-state index in [2.05, 4.69) is 0 Å². The Morgan fingerprint density at radius 1 is 1.43 bits per heavy atom. The van der Waals surface area contributed by atoms with Gasteiger partial charge >= 0.3 is 0 Å². The second-order valence-electron chi connectivity index (χ2n) is 3.14. The van der Waals surface area contributed by atoms with E-state index in [0.717, 1.165) is 29.0 Å². The van der Waals surface area contributed by atoms with Crippen LogP contribution in [0, 0.1) is 0 Å². The molecule has 0 heterocycles. The highest BCUT2D eigenvalue weighted by Crippen LogP contribution is 2.22. The van der Waals surface area contributed by atoms with Crippen LogP contribution in [0.5, 0.6) is 0 Å². The number of halogens is 1. The van der Waals surface area contributed by atoms with Gasteiger partial charge in [0, 0.05) is 18.7 Å². The first-order valence-electron chi connectivity index (χ1n) is 4.65. The van der Waals surface area contributed by atoms with Crippen LogP contribution in [0.4, 0.5) is 0 Å². The Morgan fingerprint density at radius 3 is 2.86 bits per heavy atom. The predicted octanol–water partition coefficient (Wildman–Crippen LogP) is 2.41. The average Bonchev–Trinajstić information content (AvgIpc) is 2.18. The van der Waals surface area contributed by atoms with E-state index in [4.69, 9.17) is 21.4 Å². The van der Waals surface area contributed by atoms with Gasteiger partial charge in [0.15, 0.2) is 0 Å². The third-order valence-electron chi connectivity index (χ3n) is 2.10. The summed E-state index contributed by atoms with van der Waals surface area (Å²) in [6.45, 7) is 0.763. The average molecular weight is 215 g/mol. The molecule has 0 saturated heterocycles. The Labute approximate surface area is 89.5 Å². The van der Waals surface area contributed by atoms with Gasteiger partial charge in [0.05, 0.1) is 6.61 Å². The largest absolute Gasteiger partial charge is 0.396 e. The normalized spacial score (nSPS) is 10.5. The topological polar surface area (TPSA) is 29.5 Å². The molecule has 0 bridgehead atoms. The van der Waals surface area contributed by atoms with Crippen LogP contribution in [0.15, 0.2) is 18.2 Å². The summed E-state index contributed by atoms with van der Waals surface area (Å²) >= 11 is 6.06. The number of aliphatic hydroxyl groups excluding tert-OH is 1. The van der Waals surface area contributed by atoms with Gasteiger partial charge in [-0.25, -0.2) is 0 Å². The molecule has 0 aromatic heterocycles. The molecule has 1 aromatic rings. The van der Waals surface area contributed by atoms with E-state index >= 15 is 0 Å². The number of aliphatic hydroxyl groups is 1. The van der Waals surface area contributed by atoms with Crippen molar-refractivity contribution in [2.45, 2.75) is 19.4 Å². The van der Waals surface area contributed by atoms with Crippen molar-refractivity contribution >= 4 is 11.6 Å². The first kappa shape index (κ1) is 11.5. The second kappa shape index (κ2) is 6.02. The fourth-order valence-electron chi connectivity index (χ4n) is 1.43. The van der Waals surface area contributed by atoms with E-state index in [0.29, 0.717) is 6.61 Å². The summed E-state index contributed by atoms with van der Waals surface area (Å²) in [7, 11) is 1.66. The number of hydrogen-bond acceptors (Lipinski definition) is 2. The lowest BCUT2D eigenvalue weighted by Crippen LogP contribution is -1.98. The molecule has 3 heteroatoms. The molecule has 78 valence electrons. The Bertz CT molecular complexity index is 287. The van der Waals surface area contributed by atoms with Crippen molar-refractivity contribution in [2.75, 3.05) is 13.7 Å². The molecule has 0 saturated carbocycles. The molecule has 0 unspecified atom stereocenters. The quantitative estimate of drug-likeness (QED) is 0.816. The lowest BCUT2D eigenvalue weighted by atomic mass is 10.0. The smallest absolute Gasteiger partial charge is 0.0716 e. The first-order chi connectivity index (χ1) is 6.79. The SMILES string of the molecule is COCc1cccc(Cl)c1CCCO. The Morgan fingerprint density at radius 2 is 2.21 bits per heavy atom. The van der Waals surface area contributed by atoms with Gasteiger partial charge in [0.1, 0.15) is 0 Å². The van der Waals surface area contributed by atoms with Crippen molar-refractivity contribution in [2.24, 2.45) is 0 Å². The Hall–Kier alpha value is -0.570. The highest BCUT2D eigenvalue weighted by atomic mass is 35.5. The summed E-state index contributed by atoms with van der Waals surface area (Å²) in [5.74, 6) is 0. The molecule has 14 heavy (non-hydrogen) atoms. The maximum atomic E-state index is 8.76. The minimum atomic E-state index is 0.192. The van der Waals surface area contributed by atoms with Crippen LogP contribution in [0.2, 0.25) is 5.02 Å². The van der Waals surface area contributed by atoms with Crippen molar-refractivity contribution in [1.29, 1.82) is 0 Å². The third-order valence-corrected chi connectivity index (χ3v) is 2.45. The van der Waals surface area contributed by atoms with E-state index in [1.165, 1.54) is 0 Å². The lowest BCUT2D eigenvalue weighted by molar-refractivity contribution is 0.184. The van der Waals surface area contributed by atoms with Crippen molar-refractivity contribution in [3.05, 3.63) is 34.3 Å². The highest BCUT2D eigenvalue weighted by Gasteiger charge is 2.05. The maximum absolute atomic E-state index is 8.76. The van der Waals surface area contributed by atoms with Crippen LogP contribution in [0.3, 0.4) is 0 Å². The molecule has 1 rings (SSSR count). The number of benzene rings is 1. The molecule has 0 aliphatic rings. The van der Waals surface area contributed by atoms with Gasteiger partial charge in [-0.1, -0.05) is 23.7 Å². The fourth-order valence-corrected chi connectivity index (χ4v) is 1.72. The fraction of sp³-hybridized carbons (Fsp3) is 0.455. The van der Waals surface area contributed by atoms with Gasteiger partial charge in [-0.3, -0.25) is 0 Å². The minimum absolute atomic E-state index is 0.192. The lowest BCUT2D eigenvalue weighted by Gasteiger charge is -2.09. The number of ether oxygens (including phenoxy) is 1. The molecular weight excluding hydrogens is 200 g/mol. The molecule has 0 aliphatic carbocycles. The number of hydrogen-bond donors (Lipinski definition) is 1. The zero-order chi connectivity index (χ0) is 10.4. The molecular formula is C11H15ClO2. The van der Waals surface area contributed by atoms with Crippen molar-refractivity contribution in [3.8, 4) is 0 Å². The standard InChI is InChI=1S/C11H15ClO2/c1-14-8-9-4-2-6-11(12)10(9)5-3-7-13/h2,4,6,13H,3,5,7-8H2,1H3. The molecule has 1 aromatic carbocycles. The van der Waals surface area contributed by atoms with Gasteiger partial charge in [-0.05, 0) is 30.0 Å². The molecule has 1 N–H and O–H groups in total. The molecule has 0 atom stereocenters. The van der Waals surface area contributed by atoms with Gasteiger partial charge in [-0.15, -0.1) is 0 Å². The van der Waals surface area contributed by atoms with E-state index in [1.807, 2.05) is 18.2 Å².